The molecule has 0 aliphatic heterocycles. The Morgan fingerprint density at radius 2 is 0.796 bits per heavy atom. The van der Waals surface area contributed by atoms with Gasteiger partial charge in [0.15, 0.2) is 6.10 Å². The van der Waals surface area contributed by atoms with Gasteiger partial charge in [-0.1, -0.05) is 136 Å². The van der Waals surface area contributed by atoms with E-state index in [0.29, 0.717) is 6.42 Å². The van der Waals surface area contributed by atoms with Crippen LogP contribution in [0.3, 0.4) is 0 Å². The smallest absolute Gasteiger partial charge is 0.177 e. The largest absolute Gasteiger partial charge is 0.380 e. The molecule has 4 atom stereocenters. The van der Waals surface area contributed by atoms with E-state index in [1.165, 1.54) is 89.9 Å². The van der Waals surface area contributed by atoms with E-state index in [2.05, 4.69) is 59.8 Å². The minimum atomic E-state index is -1.06. The van der Waals surface area contributed by atoms with Crippen molar-refractivity contribution in [3.05, 3.63) is 60.8 Å². The minimum absolute atomic E-state index is 0.557. The van der Waals surface area contributed by atoms with E-state index in [9.17, 15) is 20.4 Å². The topological polar surface area (TPSA) is 80.9 Å². The standard InChI is InChI=1S/C45H66O4/c1-3-42(46)36-32-28-25-23-21-19-17-15-13-11-9-7-5-6-8-10-12-14-16-18-20-22-24-26-29-34-38-44(48)40-41-45(49)39-35-31-27-30-33-37-43(47)4-2/h1-2,6,8,18,20,26,29,32-33,36-37,42-49H,5,7,9-17,19,21-25,27-28,30-31,35,39H2/b8-6-,20-18-,29-26+,36-32+,37-33+/t42-,43-,44?,45?/m1/s1. The molecule has 0 rings (SSSR count). The van der Waals surface area contributed by atoms with E-state index in [4.69, 9.17) is 12.8 Å². The number of hydrogen-bond acceptors (Lipinski definition) is 4. The van der Waals surface area contributed by atoms with Gasteiger partial charge in [-0.05, 0) is 108 Å². The second kappa shape index (κ2) is 37.6. The Bertz CT molecular complexity index is 1120. The third-order valence-corrected chi connectivity index (χ3v) is 7.95. The third kappa shape index (κ3) is 37.4. The number of rotatable bonds is 29. The fraction of sp³-hybridized carbons (Fsp3) is 0.600. The van der Waals surface area contributed by atoms with Gasteiger partial charge in [-0.15, -0.1) is 12.8 Å². The van der Waals surface area contributed by atoms with Crippen molar-refractivity contribution >= 4 is 0 Å². The fourth-order valence-corrected chi connectivity index (χ4v) is 5.02. The molecule has 49 heavy (non-hydrogen) atoms. The molecule has 0 spiro atoms. The maximum Gasteiger partial charge on any atom is 0.177 e. The van der Waals surface area contributed by atoms with Gasteiger partial charge in [-0.25, -0.2) is 0 Å². The number of allylic oxidation sites excluding steroid dienone is 8. The highest BCUT2D eigenvalue weighted by molar-refractivity contribution is 5.25. The van der Waals surface area contributed by atoms with E-state index in [1.54, 1.807) is 18.2 Å². The van der Waals surface area contributed by atoms with E-state index in [1.807, 2.05) is 18.2 Å². The molecule has 0 fully saturated rings. The predicted molar refractivity (Wildman–Crippen MR) is 209 cm³/mol. The van der Waals surface area contributed by atoms with E-state index in [-0.39, 0.29) is 0 Å². The molecule has 4 N–H and O–H groups in total. The summed E-state index contributed by atoms with van der Waals surface area (Å²) in [5, 5.41) is 38.3. The van der Waals surface area contributed by atoms with Gasteiger partial charge >= 0.3 is 0 Å². The Kier molecular flexibility index (Phi) is 35.1. The molecule has 270 valence electrons. The molecule has 0 amide bonds. The molecular formula is C45H66O4. The lowest BCUT2D eigenvalue weighted by atomic mass is 10.0. The van der Waals surface area contributed by atoms with Crippen LogP contribution in [0.2, 0.25) is 0 Å². The summed E-state index contributed by atoms with van der Waals surface area (Å²) >= 11 is 0. The molecule has 2 unspecified atom stereocenters. The Labute approximate surface area is 301 Å². The molecule has 0 aromatic carbocycles. The van der Waals surface area contributed by atoms with Crippen molar-refractivity contribution in [3.8, 4) is 48.4 Å². The minimum Gasteiger partial charge on any atom is -0.380 e. The first-order chi connectivity index (χ1) is 24.0. The molecule has 0 saturated heterocycles. The van der Waals surface area contributed by atoms with Gasteiger partial charge < -0.3 is 20.4 Å². The number of hydrogen-bond donors (Lipinski definition) is 4. The van der Waals surface area contributed by atoms with Crippen LogP contribution in [0.25, 0.3) is 0 Å². The highest BCUT2D eigenvalue weighted by Crippen LogP contribution is 2.13. The summed E-state index contributed by atoms with van der Waals surface area (Å²) in [6.07, 6.45) is 53.2. The Morgan fingerprint density at radius 3 is 1.29 bits per heavy atom. The first-order valence-corrected chi connectivity index (χ1v) is 18.9. The summed E-state index contributed by atoms with van der Waals surface area (Å²) in [5.41, 5.74) is 0. The molecule has 0 heterocycles. The molecule has 0 aromatic rings. The van der Waals surface area contributed by atoms with Crippen LogP contribution in [-0.2, 0) is 0 Å². The van der Waals surface area contributed by atoms with Crippen molar-refractivity contribution in [2.24, 2.45) is 0 Å². The Hall–Kier alpha value is -3.22. The first-order valence-electron chi connectivity index (χ1n) is 18.9. The van der Waals surface area contributed by atoms with Crippen LogP contribution in [0.15, 0.2) is 60.8 Å². The van der Waals surface area contributed by atoms with E-state index in [0.717, 1.165) is 51.4 Å². The van der Waals surface area contributed by atoms with Gasteiger partial charge in [0.25, 0.3) is 0 Å². The number of aliphatic hydroxyl groups excluding tert-OH is 4. The van der Waals surface area contributed by atoms with Crippen LogP contribution in [-0.4, -0.2) is 44.8 Å². The second-order valence-corrected chi connectivity index (χ2v) is 12.5. The number of aliphatic hydroxyl groups is 4. The maximum atomic E-state index is 9.96. The fourth-order valence-electron chi connectivity index (χ4n) is 5.02. The van der Waals surface area contributed by atoms with Gasteiger partial charge in [0, 0.05) is 0 Å². The lowest BCUT2D eigenvalue weighted by Crippen LogP contribution is -2.05. The molecule has 0 radical (unpaired) electrons. The van der Waals surface area contributed by atoms with Crippen LogP contribution in [0.5, 0.6) is 0 Å². The summed E-state index contributed by atoms with van der Waals surface area (Å²) in [6, 6.07) is 0. The highest BCUT2D eigenvalue weighted by Gasteiger charge is 2.00. The van der Waals surface area contributed by atoms with Crippen LogP contribution >= 0.6 is 0 Å². The summed E-state index contributed by atoms with van der Waals surface area (Å²) in [4.78, 5) is 0. The second-order valence-electron chi connectivity index (χ2n) is 12.5. The van der Waals surface area contributed by atoms with Crippen molar-refractivity contribution in [1.82, 2.24) is 0 Å². The molecular weight excluding hydrogens is 604 g/mol. The maximum absolute atomic E-state index is 9.96. The zero-order valence-electron chi connectivity index (χ0n) is 30.3. The molecule has 0 aliphatic carbocycles. The lowest BCUT2D eigenvalue weighted by Gasteiger charge is -2.02. The monoisotopic (exact) mass is 670 g/mol. The van der Waals surface area contributed by atoms with Crippen LogP contribution < -0.4 is 0 Å². The van der Waals surface area contributed by atoms with Gasteiger partial charge in [-0.3, -0.25) is 0 Å². The molecule has 0 aliphatic rings. The highest BCUT2D eigenvalue weighted by atomic mass is 16.3. The van der Waals surface area contributed by atoms with E-state index < -0.39 is 24.4 Å². The normalized spacial score (nSPS) is 14.1. The van der Waals surface area contributed by atoms with Gasteiger partial charge in [0.05, 0.1) is 0 Å². The van der Waals surface area contributed by atoms with Crippen molar-refractivity contribution in [3.63, 3.8) is 0 Å². The third-order valence-electron chi connectivity index (χ3n) is 7.95. The Balaban J connectivity index is 3.57. The Morgan fingerprint density at radius 1 is 0.408 bits per heavy atom. The van der Waals surface area contributed by atoms with Gasteiger partial charge in [0.2, 0.25) is 0 Å². The zero-order chi connectivity index (χ0) is 35.9. The molecule has 4 heteroatoms. The quantitative estimate of drug-likeness (QED) is 0.0363. The predicted octanol–water partition coefficient (Wildman–Crippen LogP) is 9.46. The first kappa shape index (κ1) is 45.8. The van der Waals surface area contributed by atoms with Crippen LogP contribution in [0.4, 0.5) is 0 Å². The van der Waals surface area contributed by atoms with Crippen molar-refractivity contribution in [2.75, 3.05) is 0 Å². The average Bonchev–Trinajstić information content (AvgIpc) is 3.11. The summed E-state index contributed by atoms with van der Waals surface area (Å²) in [6.45, 7) is 0. The SMILES string of the molecule is C#C[C@@H](O)/C=C/CCCCCCCCCCCC/C=C\CCCC/C=C\CC/C=C/C#CC(O)C#CC(O)CCCCC/C=C/[C@H](O)C#C. The molecule has 0 saturated carbocycles. The summed E-state index contributed by atoms with van der Waals surface area (Å²) < 4.78 is 0. The van der Waals surface area contributed by atoms with Crippen molar-refractivity contribution in [1.29, 1.82) is 0 Å². The molecule has 4 nitrogen and oxygen atoms in total. The van der Waals surface area contributed by atoms with Crippen LogP contribution in [0.1, 0.15) is 148 Å². The van der Waals surface area contributed by atoms with Crippen molar-refractivity contribution < 1.29 is 20.4 Å². The molecule has 0 bridgehead atoms. The van der Waals surface area contributed by atoms with E-state index >= 15 is 0 Å². The molecule has 0 aromatic heterocycles. The zero-order valence-corrected chi connectivity index (χ0v) is 30.3. The van der Waals surface area contributed by atoms with Crippen molar-refractivity contribution in [2.45, 2.75) is 172 Å². The number of unbranched alkanes of at least 4 members (excludes halogenated alkanes) is 18. The van der Waals surface area contributed by atoms with Gasteiger partial charge in [-0.2, -0.15) is 0 Å². The number of terminal acetylenes is 2. The lowest BCUT2D eigenvalue weighted by molar-refractivity contribution is 0.216. The summed E-state index contributed by atoms with van der Waals surface area (Å²) in [7, 11) is 0. The van der Waals surface area contributed by atoms with Crippen LogP contribution in [0, 0.1) is 48.4 Å². The average molecular weight is 671 g/mol. The van der Waals surface area contributed by atoms with Gasteiger partial charge in [0.1, 0.15) is 18.3 Å². The summed E-state index contributed by atoms with van der Waals surface area (Å²) in [5.74, 6) is 15.3.